The first-order chi connectivity index (χ1) is 10.6. The molecule has 1 atom stereocenters. The Kier molecular flexibility index (Phi) is 5.61. The molecule has 5 heteroatoms. The molecule has 116 valence electrons. The van der Waals surface area contributed by atoms with Crippen LogP contribution in [0.25, 0.3) is 0 Å². The first kappa shape index (κ1) is 16.1. The highest BCUT2D eigenvalue weighted by molar-refractivity contribution is 7.80. The summed E-state index contributed by atoms with van der Waals surface area (Å²) in [6.45, 7) is 2.04. The van der Waals surface area contributed by atoms with Crippen LogP contribution in [-0.2, 0) is 0 Å². The van der Waals surface area contributed by atoms with E-state index in [4.69, 9.17) is 21.7 Å². The molecule has 0 aliphatic carbocycles. The molecule has 0 radical (unpaired) electrons. The molecule has 0 fully saturated rings. The summed E-state index contributed by atoms with van der Waals surface area (Å²) in [7, 11) is 3.25. The molecule has 0 amide bonds. The first-order valence-corrected chi connectivity index (χ1v) is 7.39. The van der Waals surface area contributed by atoms with Crippen molar-refractivity contribution in [2.75, 3.05) is 19.5 Å². The molecule has 0 aromatic heterocycles. The van der Waals surface area contributed by atoms with E-state index in [9.17, 15) is 0 Å². The van der Waals surface area contributed by atoms with Crippen LogP contribution in [0.2, 0.25) is 0 Å². The third-order valence-electron chi connectivity index (χ3n) is 3.29. The second kappa shape index (κ2) is 7.66. The number of rotatable bonds is 5. The van der Waals surface area contributed by atoms with Crippen LogP contribution in [-0.4, -0.2) is 19.3 Å². The van der Waals surface area contributed by atoms with Crippen LogP contribution in [0.5, 0.6) is 11.5 Å². The molecule has 2 aromatic carbocycles. The zero-order valence-corrected chi connectivity index (χ0v) is 13.7. The number of benzene rings is 2. The van der Waals surface area contributed by atoms with Gasteiger partial charge in [-0.2, -0.15) is 0 Å². The van der Waals surface area contributed by atoms with Crippen molar-refractivity contribution >= 4 is 23.0 Å². The van der Waals surface area contributed by atoms with Crippen molar-refractivity contribution in [2.45, 2.75) is 13.0 Å². The summed E-state index contributed by atoms with van der Waals surface area (Å²) in [6.07, 6.45) is 0. The number of thiocarbonyl (C=S) groups is 1. The van der Waals surface area contributed by atoms with Crippen LogP contribution in [0, 0.1) is 0 Å². The molecular formula is C17H20N2O2S. The lowest BCUT2D eigenvalue weighted by atomic mass is 10.1. The molecule has 4 nitrogen and oxygen atoms in total. The summed E-state index contributed by atoms with van der Waals surface area (Å²) in [5.74, 6) is 1.42. The van der Waals surface area contributed by atoms with Gasteiger partial charge in [-0.3, -0.25) is 0 Å². The molecule has 0 aliphatic heterocycles. The normalized spacial score (nSPS) is 11.4. The second-order valence-electron chi connectivity index (χ2n) is 4.80. The SMILES string of the molecule is COc1ccc([C@H](C)NC(=S)Nc2ccccc2)cc1OC. The van der Waals surface area contributed by atoms with Crippen molar-refractivity contribution in [3.8, 4) is 11.5 Å². The molecule has 0 saturated carbocycles. The van der Waals surface area contributed by atoms with Gasteiger partial charge in [0.2, 0.25) is 0 Å². The number of hydrogen-bond donors (Lipinski definition) is 2. The van der Waals surface area contributed by atoms with E-state index in [2.05, 4.69) is 10.6 Å². The van der Waals surface area contributed by atoms with Gasteiger partial charge in [0.15, 0.2) is 16.6 Å². The molecular weight excluding hydrogens is 296 g/mol. The van der Waals surface area contributed by atoms with E-state index >= 15 is 0 Å². The van der Waals surface area contributed by atoms with E-state index in [0.717, 1.165) is 11.3 Å². The van der Waals surface area contributed by atoms with Crippen molar-refractivity contribution < 1.29 is 9.47 Å². The smallest absolute Gasteiger partial charge is 0.171 e. The molecule has 2 rings (SSSR count). The van der Waals surface area contributed by atoms with Crippen molar-refractivity contribution in [2.24, 2.45) is 0 Å². The number of ether oxygens (including phenoxy) is 2. The maximum atomic E-state index is 5.34. The third-order valence-corrected chi connectivity index (χ3v) is 3.51. The Balaban J connectivity index is 2.02. The van der Waals surface area contributed by atoms with Crippen LogP contribution >= 0.6 is 12.2 Å². The summed E-state index contributed by atoms with van der Waals surface area (Å²) < 4.78 is 10.6. The average Bonchev–Trinajstić information content (AvgIpc) is 2.54. The number of methoxy groups -OCH3 is 2. The summed E-state index contributed by atoms with van der Waals surface area (Å²) in [5, 5.41) is 6.99. The van der Waals surface area contributed by atoms with E-state index in [1.54, 1.807) is 14.2 Å². The Bertz CT molecular complexity index is 632. The van der Waals surface area contributed by atoms with E-state index < -0.39 is 0 Å². The minimum absolute atomic E-state index is 0.0449. The van der Waals surface area contributed by atoms with Crippen LogP contribution in [0.4, 0.5) is 5.69 Å². The third kappa shape index (κ3) is 4.11. The van der Waals surface area contributed by atoms with Crippen LogP contribution in [0.3, 0.4) is 0 Å². The predicted molar refractivity (Wildman–Crippen MR) is 93.8 cm³/mol. The lowest BCUT2D eigenvalue weighted by Crippen LogP contribution is -2.30. The van der Waals surface area contributed by atoms with Gasteiger partial charge in [-0.05, 0) is 49.0 Å². The Morgan fingerprint density at radius 1 is 1.00 bits per heavy atom. The standard InChI is InChI=1S/C17H20N2O2S/c1-12(13-9-10-15(20-2)16(11-13)21-3)18-17(22)19-14-7-5-4-6-8-14/h4-12H,1-3H3,(H2,18,19,22)/t12-/m0/s1. The number of anilines is 1. The molecule has 2 aromatic rings. The van der Waals surface area contributed by atoms with E-state index in [1.807, 2.05) is 55.5 Å². The minimum Gasteiger partial charge on any atom is -0.493 e. The molecule has 22 heavy (non-hydrogen) atoms. The molecule has 2 N–H and O–H groups in total. The molecule has 0 spiro atoms. The first-order valence-electron chi connectivity index (χ1n) is 6.98. The van der Waals surface area contributed by atoms with Gasteiger partial charge in [0.1, 0.15) is 0 Å². The molecule has 0 unspecified atom stereocenters. The Labute approximate surface area is 136 Å². The second-order valence-corrected chi connectivity index (χ2v) is 5.21. The number of hydrogen-bond acceptors (Lipinski definition) is 3. The van der Waals surface area contributed by atoms with Gasteiger partial charge in [-0.25, -0.2) is 0 Å². The topological polar surface area (TPSA) is 42.5 Å². The Morgan fingerprint density at radius 3 is 2.32 bits per heavy atom. The monoisotopic (exact) mass is 316 g/mol. The van der Waals surface area contributed by atoms with E-state index in [0.29, 0.717) is 16.6 Å². The van der Waals surface area contributed by atoms with Crippen LogP contribution in [0.15, 0.2) is 48.5 Å². The highest BCUT2D eigenvalue weighted by atomic mass is 32.1. The fourth-order valence-electron chi connectivity index (χ4n) is 2.09. The molecule has 0 bridgehead atoms. The predicted octanol–water partition coefficient (Wildman–Crippen LogP) is 3.75. The van der Waals surface area contributed by atoms with Crippen LogP contribution in [0.1, 0.15) is 18.5 Å². The zero-order valence-electron chi connectivity index (χ0n) is 12.9. The summed E-state index contributed by atoms with van der Waals surface area (Å²) in [4.78, 5) is 0. The van der Waals surface area contributed by atoms with Gasteiger partial charge in [0, 0.05) is 5.69 Å². The van der Waals surface area contributed by atoms with Gasteiger partial charge in [-0.1, -0.05) is 24.3 Å². The van der Waals surface area contributed by atoms with Gasteiger partial charge in [0.05, 0.1) is 20.3 Å². The van der Waals surface area contributed by atoms with Crippen molar-refractivity contribution in [3.05, 3.63) is 54.1 Å². The average molecular weight is 316 g/mol. The zero-order chi connectivity index (χ0) is 15.9. The Morgan fingerprint density at radius 2 is 1.68 bits per heavy atom. The highest BCUT2D eigenvalue weighted by Gasteiger charge is 2.11. The minimum atomic E-state index is 0.0449. The van der Waals surface area contributed by atoms with E-state index in [1.165, 1.54) is 0 Å². The summed E-state index contributed by atoms with van der Waals surface area (Å²) >= 11 is 5.34. The summed E-state index contributed by atoms with van der Waals surface area (Å²) in [6, 6.07) is 15.7. The lowest BCUT2D eigenvalue weighted by Gasteiger charge is -2.18. The fourth-order valence-corrected chi connectivity index (χ4v) is 2.39. The quantitative estimate of drug-likeness (QED) is 0.822. The largest absolute Gasteiger partial charge is 0.493 e. The summed E-state index contributed by atoms with van der Waals surface area (Å²) in [5.41, 5.74) is 2.02. The van der Waals surface area contributed by atoms with Crippen molar-refractivity contribution in [1.82, 2.24) is 5.32 Å². The Hall–Kier alpha value is -2.27. The lowest BCUT2D eigenvalue weighted by molar-refractivity contribution is 0.354. The number of para-hydroxylation sites is 1. The number of nitrogens with one attached hydrogen (secondary N) is 2. The van der Waals surface area contributed by atoms with E-state index in [-0.39, 0.29) is 6.04 Å². The van der Waals surface area contributed by atoms with Gasteiger partial charge in [-0.15, -0.1) is 0 Å². The van der Waals surface area contributed by atoms with Gasteiger partial charge >= 0.3 is 0 Å². The fraction of sp³-hybridized carbons (Fsp3) is 0.235. The molecule has 0 saturated heterocycles. The molecule has 0 heterocycles. The van der Waals surface area contributed by atoms with Crippen molar-refractivity contribution in [1.29, 1.82) is 0 Å². The maximum Gasteiger partial charge on any atom is 0.171 e. The van der Waals surface area contributed by atoms with Gasteiger partial charge < -0.3 is 20.1 Å². The van der Waals surface area contributed by atoms with Crippen LogP contribution < -0.4 is 20.1 Å². The van der Waals surface area contributed by atoms with Crippen molar-refractivity contribution in [3.63, 3.8) is 0 Å². The van der Waals surface area contributed by atoms with Gasteiger partial charge in [0.25, 0.3) is 0 Å². The highest BCUT2D eigenvalue weighted by Crippen LogP contribution is 2.29. The maximum absolute atomic E-state index is 5.34. The molecule has 0 aliphatic rings.